The van der Waals surface area contributed by atoms with E-state index in [0.717, 1.165) is 4.35 Å². The summed E-state index contributed by atoms with van der Waals surface area (Å²) >= 11 is -0.0768. The van der Waals surface area contributed by atoms with Crippen molar-refractivity contribution >= 4 is 25.8 Å². The number of phenols is 1. The van der Waals surface area contributed by atoms with Crippen LogP contribution in [0.4, 0.5) is 5.69 Å². The third kappa shape index (κ3) is 1.51. The van der Waals surface area contributed by atoms with Gasteiger partial charge >= 0.3 is 77.8 Å². The summed E-state index contributed by atoms with van der Waals surface area (Å²) in [6.45, 7) is 0. The maximum absolute atomic E-state index is 9.59. The molecular weight excluding hydrogens is 217 g/mol. The summed E-state index contributed by atoms with van der Waals surface area (Å²) in [5.74, 6) is 0.691. The number of ether oxygens (including phenoxy) is 1. The SMILES string of the molecule is COc1ccc(N)c([As]C)c1O. The van der Waals surface area contributed by atoms with Crippen molar-refractivity contribution in [2.75, 3.05) is 12.8 Å². The van der Waals surface area contributed by atoms with E-state index in [0.29, 0.717) is 11.4 Å². The zero-order chi connectivity index (χ0) is 9.14. The molecule has 0 spiro atoms. The molecule has 3 nitrogen and oxygen atoms in total. The van der Waals surface area contributed by atoms with Crippen LogP contribution in [0.2, 0.25) is 5.71 Å². The molecule has 0 aliphatic rings. The van der Waals surface area contributed by atoms with Gasteiger partial charge in [0.1, 0.15) is 0 Å². The molecule has 3 N–H and O–H groups in total. The number of hydrogen-bond acceptors (Lipinski definition) is 3. The Morgan fingerprint density at radius 1 is 1.50 bits per heavy atom. The third-order valence-electron chi connectivity index (χ3n) is 1.59. The number of hydrogen-bond donors (Lipinski definition) is 2. The number of aromatic hydroxyl groups is 1. The first-order valence-electron chi connectivity index (χ1n) is 3.46. The van der Waals surface area contributed by atoms with Gasteiger partial charge in [-0.25, -0.2) is 0 Å². The van der Waals surface area contributed by atoms with E-state index in [2.05, 4.69) is 0 Å². The predicted molar refractivity (Wildman–Crippen MR) is 50.3 cm³/mol. The molecule has 1 aromatic rings. The summed E-state index contributed by atoms with van der Waals surface area (Å²) in [4.78, 5) is 0. The van der Waals surface area contributed by atoms with Gasteiger partial charge in [-0.2, -0.15) is 0 Å². The second-order valence-corrected chi connectivity index (χ2v) is 4.15. The van der Waals surface area contributed by atoms with E-state index in [4.69, 9.17) is 10.5 Å². The first-order chi connectivity index (χ1) is 5.70. The maximum atomic E-state index is 9.59. The molecule has 1 aromatic carbocycles. The Kier molecular flexibility index (Phi) is 2.87. The molecule has 0 aliphatic heterocycles. The molecule has 0 unspecified atom stereocenters. The van der Waals surface area contributed by atoms with Crippen LogP contribution >= 0.6 is 0 Å². The van der Waals surface area contributed by atoms with Crippen LogP contribution in [0.1, 0.15) is 0 Å². The normalized spacial score (nSPS) is 10.8. The molecule has 0 amide bonds. The molecule has 0 aromatic heterocycles. The Balaban J connectivity index is 3.24. The van der Waals surface area contributed by atoms with Crippen LogP contribution < -0.4 is 14.8 Å². The number of methoxy groups -OCH3 is 1. The van der Waals surface area contributed by atoms with Gasteiger partial charge in [0.25, 0.3) is 0 Å². The van der Waals surface area contributed by atoms with Crippen molar-refractivity contribution in [2.24, 2.45) is 0 Å². The van der Waals surface area contributed by atoms with Crippen molar-refractivity contribution in [1.82, 2.24) is 0 Å². The summed E-state index contributed by atoms with van der Waals surface area (Å²) in [6, 6.07) is 3.43. The molecule has 0 atom stereocenters. The summed E-state index contributed by atoms with van der Waals surface area (Å²) in [5.41, 5.74) is 8.34. The summed E-state index contributed by atoms with van der Waals surface area (Å²) < 4.78 is 5.79. The van der Waals surface area contributed by atoms with Gasteiger partial charge < -0.3 is 0 Å². The van der Waals surface area contributed by atoms with Gasteiger partial charge in [-0.05, 0) is 0 Å². The molecule has 1 radical (unpaired) electrons. The molecule has 0 saturated carbocycles. The first kappa shape index (κ1) is 9.27. The Morgan fingerprint density at radius 2 is 2.17 bits per heavy atom. The van der Waals surface area contributed by atoms with Crippen molar-refractivity contribution in [3.63, 3.8) is 0 Å². The van der Waals surface area contributed by atoms with Gasteiger partial charge in [0.05, 0.1) is 0 Å². The van der Waals surface area contributed by atoms with Gasteiger partial charge in [-0.15, -0.1) is 0 Å². The van der Waals surface area contributed by atoms with Gasteiger partial charge in [0.15, 0.2) is 0 Å². The standard InChI is InChI=1S/C8H11AsNO2/c1-9-7-5(10)3-4-6(12-2)8(7)11/h3-4,11H,10H2,1-2H3. The van der Waals surface area contributed by atoms with Gasteiger partial charge in [-0.3, -0.25) is 0 Å². The molecule has 0 bridgehead atoms. The average Bonchev–Trinajstić information content (AvgIpc) is 2.06. The van der Waals surface area contributed by atoms with Crippen molar-refractivity contribution in [2.45, 2.75) is 5.71 Å². The number of nitrogens with two attached hydrogens (primary N) is 1. The molecular formula is C8H11AsNO2. The van der Waals surface area contributed by atoms with Crippen LogP contribution in [0.25, 0.3) is 0 Å². The quantitative estimate of drug-likeness (QED) is 0.567. The van der Waals surface area contributed by atoms with E-state index in [1.54, 1.807) is 12.1 Å². The van der Waals surface area contributed by atoms with E-state index in [1.807, 2.05) is 5.71 Å². The fourth-order valence-corrected chi connectivity index (χ4v) is 2.35. The molecule has 0 saturated heterocycles. The van der Waals surface area contributed by atoms with Crippen molar-refractivity contribution in [3.8, 4) is 11.5 Å². The van der Waals surface area contributed by atoms with Gasteiger partial charge in [-0.1, -0.05) is 0 Å². The fraction of sp³-hybridized carbons (Fsp3) is 0.250. The van der Waals surface area contributed by atoms with E-state index < -0.39 is 0 Å². The van der Waals surface area contributed by atoms with Crippen LogP contribution in [0.5, 0.6) is 11.5 Å². The van der Waals surface area contributed by atoms with Crippen LogP contribution in [0.15, 0.2) is 12.1 Å². The third-order valence-corrected chi connectivity index (χ3v) is 3.51. The number of anilines is 1. The van der Waals surface area contributed by atoms with Crippen molar-refractivity contribution in [3.05, 3.63) is 12.1 Å². The summed E-state index contributed by atoms with van der Waals surface area (Å²) in [7, 11) is 1.53. The van der Waals surface area contributed by atoms with Gasteiger partial charge in [0.2, 0.25) is 0 Å². The Bertz CT molecular complexity index is 289. The van der Waals surface area contributed by atoms with E-state index in [1.165, 1.54) is 7.11 Å². The van der Waals surface area contributed by atoms with Crippen LogP contribution in [-0.4, -0.2) is 28.0 Å². The minimum atomic E-state index is -0.0768. The van der Waals surface area contributed by atoms with Crippen molar-refractivity contribution < 1.29 is 9.84 Å². The van der Waals surface area contributed by atoms with Gasteiger partial charge in [0, 0.05) is 0 Å². The average molecular weight is 228 g/mol. The number of rotatable bonds is 2. The Morgan fingerprint density at radius 3 is 2.67 bits per heavy atom. The zero-order valence-corrected chi connectivity index (χ0v) is 8.91. The molecule has 0 fully saturated rings. The number of nitrogen functional groups attached to an aromatic ring is 1. The zero-order valence-electron chi connectivity index (χ0n) is 7.03. The molecule has 12 heavy (non-hydrogen) atoms. The van der Waals surface area contributed by atoms with Crippen LogP contribution in [0.3, 0.4) is 0 Å². The monoisotopic (exact) mass is 228 g/mol. The number of phenolic OH excluding ortho intramolecular Hbond substituents is 1. The molecule has 1 rings (SSSR count). The molecule has 65 valence electrons. The topological polar surface area (TPSA) is 55.5 Å². The van der Waals surface area contributed by atoms with Crippen LogP contribution in [-0.2, 0) is 0 Å². The molecule has 0 heterocycles. The van der Waals surface area contributed by atoms with E-state index in [9.17, 15) is 5.11 Å². The van der Waals surface area contributed by atoms with Crippen LogP contribution in [0, 0.1) is 0 Å². The summed E-state index contributed by atoms with van der Waals surface area (Å²) in [6.07, 6.45) is 0. The molecule has 0 aliphatic carbocycles. The predicted octanol–water partition coefficient (Wildman–Crippen LogP) is 0.361. The molecule has 4 heteroatoms. The fourth-order valence-electron chi connectivity index (χ4n) is 0.976. The second kappa shape index (κ2) is 3.72. The minimum absolute atomic E-state index is 0.0768. The van der Waals surface area contributed by atoms with E-state index >= 15 is 0 Å². The first-order valence-corrected chi connectivity index (χ1v) is 6.27. The van der Waals surface area contributed by atoms with E-state index in [-0.39, 0.29) is 21.5 Å². The van der Waals surface area contributed by atoms with Crippen molar-refractivity contribution in [1.29, 1.82) is 0 Å². The number of benzene rings is 1. The summed E-state index contributed by atoms with van der Waals surface area (Å²) in [5, 5.41) is 9.59. The Hall–Kier alpha value is -0.822. The Labute approximate surface area is 78.2 Å². The second-order valence-electron chi connectivity index (χ2n) is 2.28.